The van der Waals surface area contributed by atoms with E-state index in [0.29, 0.717) is 0 Å². The van der Waals surface area contributed by atoms with E-state index in [-0.39, 0.29) is 19.4 Å². The van der Waals surface area contributed by atoms with E-state index in [9.17, 15) is 30.8 Å². The molecule has 0 aromatic carbocycles. The smallest absolute Gasteiger partial charge is 0.431 e. The van der Waals surface area contributed by atoms with Crippen molar-refractivity contribution in [3.05, 3.63) is 0 Å². The summed E-state index contributed by atoms with van der Waals surface area (Å²) in [4.78, 5) is 10.9. The Hall–Kier alpha value is -0.940. The van der Waals surface area contributed by atoms with Crippen LogP contribution in [0.1, 0.15) is 40.0 Å². The number of hydrogen-bond acceptors (Lipinski definition) is 5. The summed E-state index contributed by atoms with van der Waals surface area (Å²) < 4.78 is 91.0. The first-order valence-corrected chi connectivity index (χ1v) is 8.12. The molecule has 0 saturated heterocycles. The molecular weight excluding hydrogens is 348 g/mol. The number of hydrogen-bond donors (Lipinski definition) is 1. The van der Waals surface area contributed by atoms with Crippen molar-refractivity contribution in [1.82, 2.24) is 0 Å². The van der Waals surface area contributed by atoms with E-state index in [1.807, 2.05) is 0 Å². The molecule has 0 unspecified atom stereocenters. The highest BCUT2D eigenvalue weighted by Crippen LogP contribution is 2.40. The van der Waals surface area contributed by atoms with E-state index in [0.717, 1.165) is 0 Å². The lowest BCUT2D eigenvalue weighted by molar-refractivity contribution is -0.177. The zero-order chi connectivity index (χ0) is 18.5. The second kappa shape index (κ2) is 7.75. The van der Waals surface area contributed by atoms with Gasteiger partial charge >= 0.3 is 27.3 Å². The lowest BCUT2D eigenvalue weighted by Gasteiger charge is -2.28. The highest BCUT2D eigenvalue weighted by atomic mass is 32.2. The van der Waals surface area contributed by atoms with Gasteiger partial charge in [0, 0.05) is 19.3 Å². The van der Waals surface area contributed by atoms with Crippen molar-refractivity contribution in [2.24, 2.45) is 0 Å². The predicted molar refractivity (Wildman–Crippen MR) is 72.0 cm³/mol. The molecule has 138 valence electrons. The second-order valence-corrected chi connectivity index (χ2v) is 6.84. The fourth-order valence-electron chi connectivity index (χ4n) is 1.37. The van der Waals surface area contributed by atoms with Crippen molar-refractivity contribution >= 4 is 16.1 Å². The normalized spacial score (nSPS) is 13.9. The third kappa shape index (κ3) is 6.60. The van der Waals surface area contributed by atoms with E-state index in [1.54, 1.807) is 6.92 Å². The Morgan fingerprint density at radius 1 is 1.09 bits per heavy atom. The zero-order valence-electron chi connectivity index (χ0n) is 12.9. The summed E-state index contributed by atoms with van der Waals surface area (Å²) in [5.41, 5.74) is -1.06. The third-order valence-corrected chi connectivity index (χ3v) is 3.86. The quantitative estimate of drug-likeness (QED) is 0.362. The summed E-state index contributed by atoms with van der Waals surface area (Å²) in [6.45, 7) is 3.59. The minimum atomic E-state index is -6.25. The van der Waals surface area contributed by atoms with Gasteiger partial charge in [0.25, 0.3) is 0 Å². The van der Waals surface area contributed by atoms with Crippen molar-refractivity contribution in [3.8, 4) is 0 Å². The molecule has 0 aliphatic rings. The van der Waals surface area contributed by atoms with Crippen molar-refractivity contribution in [2.75, 3.05) is 13.2 Å². The Bertz CT molecular complexity index is 504. The van der Waals surface area contributed by atoms with Crippen LogP contribution in [0.5, 0.6) is 0 Å². The number of rotatable bonds is 10. The number of alkyl halides is 4. The number of halogens is 4. The van der Waals surface area contributed by atoms with Crippen LogP contribution in [0, 0.1) is 0 Å². The molecule has 0 fully saturated rings. The maximum atomic E-state index is 13.2. The molecule has 0 heterocycles. The predicted octanol–water partition coefficient (Wildman–Crippen LogP) is 2.63. The molecule has 0 rings (SSSR count). The first kappa shape index (κ1) is 22.1. The molecule has 0 radical (unpaired) electrons. The number of ether oxygens (including phenoxy) is 2. The Balaban J connectivity index is 4.49. The molecule has 0 aromatic heterocycles. The molecular formula is C12H20F4O6S. The minimum Gasteiger partial charge on any atom is -0.466 e. The number of carbonyl (C=O) groups is 1. The van der Waals surface area contributed by atoms with Crippen LogP contribution >= 0.6 is 0 Å². The molecule has 0 amide bonds. The van der Waals surface area contributed by atoms with Crippen LogP contribution in [0.2, 0.25) is 0 Å². The monoisotopic (exact) mass is 368 g/mol. The molecule has 0 aliphatic carbocycles. The lowest BCUT2D eigenvalue weighted by Crippen LogP contribution is -2.47. The van der Waals surface area contributed by atoms with E-state index < -0.39 is 45.9 Å². The summed E-state index contributed by atoms with van der Waals surface area (Å²) in [6, 6.07) is 0. The van der Waals surface area contributed by atoms with Crippen molar-refractivity contribution in [2.45, 2.75) is 56.8 Å². The maximum Gasteiger partial charge on any atom is 0.431 e. The molecule has 0 saturated carbocycles. The standard InChI is InChI=1S/C12H20F4O6S/c1-4-9(17)21-7-5-10(2,3)22-8-6-11(13,14)12(15,16)23(18,19)20/h4-8H2,1-3H3,(H,18,19,20). The molecule has 23 heavy (non-hydrogen) atoms. The van der Waals surface area contributed by atoms with Crippen molar-refractivity contribution in [1.29, 1.82) is 0 Å². The van der Waals surface area contributed by atoms with E-state index in [4.69, 9.17) is 14.0 Å². The van der Waals surface area contributed by atoms with Crippen molar-refractivity contribution in [3.63, 3.8) is 0 Å². The molecule has 0 aromatic rings. The molecule has 11 heteroatoms. The van der Waals surface area contributed by atoms with Gasteiger partial charge in [-0.2, -0.15) is 26.0 Å². The van der Waals surface area contributed by atoms with Gasteiger partial charge in [0.1, 0.15) is 0 Å². The summed E-state index contributed by atoms with van der Waals surface area (Å²) in [7, 11) is -6.25. The summed E-state index contributed by atoms with van der Waals surface area (Å²) in [5, 5.41) is -5.61. The fraction of sp³-hybridized carbons (Fsp3) is 0.917. The Morgan fingerprint density at radius 3 is 2.04 bits per heavy atom. The van der Waals surface area contributed by atoms with Crippen LogP contribution in [0.3, 0.4) is 0 Å². The summed E-state index contributed by atoms with van der Waals surface area (Å²) >= 11 is 0. The second-order valence-electron chi connectivity index (χ2n) is 5.38. The van der Waals surface area contributed by atoms with Gasteiger partial charge < -0.3 is 9.47 Å². The highest BCUT2D eigenvalue weighted by molar-refractivity contribution is 7.87. The van der Waals surface area contributed by atoms with Crippen LogP contribution in [-0.2, 0) is 24.4 Å². The Labute approximate surface area is 131 Å². The lowest BCUT2D eigenvalue weighted by atomic mass is 10.1. The molecule has 0 atom stereocenters. The molecule has 0 spiro atoms. The number of carbonyl (C=O) groups excluding carboxylic acids is 1. The van der Waals surface area contributed by atoms with Crippen LogP contribution in [0.25, 0.3) is 0 Å². The SMILES string of the molecule is CCC(=O)OCCC(C)(C)OCCC(F)(F)C(F)(F)S(=O)(=O)O. The Morgan fingerprint density at radius 2 is 1.61 bits per heavy atom. The highest BCUT2D eigenvalue weighted by Gasteiger charge is 2.65. The van der Waals surface area contributed by atoms with Gasteiger partial charge in [-0.25, -0.2) is 0 Å². The van der Waals surface area contributed by atoms with Crippen LogP contribution in [0.4, 0.5) is 17.6 Å². The first-order valence-electron chi connectivity index (χ1n) is 6.68. The van der Waals surface area contributed by atoms with Gasteiger partial charge in [-0.1, -0.05) is 6.92 Å². The number of esters is 1. The van der Waals surface area contributed by atoms with Gasteiger partial charge in [-0.15, -0.1) is 0 Å². The summed E-state index contributed by atoms with van der Waals surface area (Å²) in [5.74, 6) is -5.45. The average Bonchev–Trinajstić information content (AvgIpc) is 2.36. The minimum absolute atomic E-state index is 0.0444. The topological polar surface area (TPSA) is 89.9 Å². The van der Waals surface area contributed by atoms with Crippen LogP contribution in [-0.4, -0.2) is 48.9 Å². The molecule has 6 nitrogen and oxygen atoms in total. The van der Waals surface area contributed by atoms with Gasteiger partial charge in [0.2, 0.25) is 0 Å². The maximum absolute atomic E-state index is 13.2. The van der Waals surface area contributed by atoms with Gasteiger partial charge in [-0.05, 0) is 13.8 Å². The largest absolute Gasteiger partial charge is 0.466 e. The first-order chi connectivity index (χ1) is 10.2. The zero-order valence-corrected chi connectivity index (χ0v) is 13.8. The molecule has 1 N–H and O–H groups in total. The van der Waals surface area contributed by atoms with E-state index >= 15 is 0 Å². The van der Waals surface area contributed by atoms with Gasteiger partial charge in [0.05, 0.1) is 18.8 Å². The average molecular weight is 368 g/mol. The molecule has 0 aliphatic heterocycles. The van der Waals surface area contributed by atoms with Crippen LogP contribution in [0.15, 0.2) is 0 Å². The third-order valence-electron chi connectivity index (χ3n) is 2.91. The van der Waals surface area contributed by atoms with E-state index in [1.165, 1.54) is 13.8 Å². The van der Waals surface area contributed by atoms with E-state index in [2.05, 4.69) is 0 Å². The fourth-order valence-corrected chi connectivity index (χ4v) is 1.85. The van der Waals surface area contributed by atoms with Crippen LogP contribution < -0.4 is 0 Å². The van der Waals surface area contributed by atoms with Crippen molar-refractivity contribution < 1.29 is 44.8 Å². The molecule has 0 bridgehead atoms. The summed E-state index contributed by atoms with van der Waals surface area (Å²) in [6.07, 6.45) is -1.32. The Kier molecular flexibility index (Phi) is 7.44. The van der Waals surface area contributed by atoms with Gasteiger partial charge in [0.15, 0.2) is 0 Å². The van der Waals surface area contributed by atoms with Gasteiger partial charge in [-0.3, -0.25) is 9.35 Å².